The Morgan fingerprint density at radius 2 is 1.93 bits per heavy atom. The first-order valence-corrected chi connectivity index (χ1v) is 10.6. The molecule has 0 aliphatic heterocycles. The summed E-state index contributed by atoms with van der Waals surface area (Å²) < 4.78 is 1.12. The number of aromatic nitrogens is 3. The van der Waals surface area contributed by atoms with E-state index in [0.29, 0.717) is 18.2 Å². The zero-order valence-corrected chi connectivity index (χ0v) is 16.9. The van der Waals surface area contributed by atoms with Gasteiger partial charge in [0.2, 0.25) is 5.91 Å². The molecular formula is C21H24ClN5O2. The summed E-state index contributed by atoms with van der Waals surface area (Å²) in [5.41, 5.74) is 1.16. The number of carbonyl (C=O) groups is 1. The highest BCUT2D eigenvalue weighted by atomic mass is 35.5. The van der Waals surface area contributed by atoms with Crippen molar-refractivity contribution in [1.82, 2.24) is 20.1 Å². The van der Waals surface area contributed by atoms with Crippen LogP contribution in [0.4, 0.5) is 5.69 Å². The van der Waals surface area contributed by atoms with Gasteiger partial charge >= 0.3 is 0 Å². The number of pyridine rings is 1. The largest absolute Gasteiger partial charge is 0.377 e. The summed E-state index contributed by atoms with van der Waals surface area (Å²) >= 11 is 6.39. The highest BCUT2D eigenvalue weighted by Gasteiger charge is 2.57. The van der Waals surface area contributed by atoms with Crippen molar-refractivity contribution in [2.75, 3.05) is 5.32 Å². The van der Waals surface area contributed by atoms with Crippen molar-refractivity contribution >= 4 is 23.2 Å². The maximum atomic E-state index is 12.7. The van der Waals surface area contributed by atoms with Gasteiger partial charge in [0, 0.05) is 24.5 Å². The van der Waals surface area contributed by atoms with Crippen molar-refractivity contribution in [1.29, 1.82) is 0 Å². The number of rotatable bonds is 6. The number of nitrogens with one attached hydrogen (secondary N) is 2. The zero-order chi connectivity index (χ0) is 20.0. The Kier molecular flexibility index (Phi) is 4.57. The molecule has 2 atom stereocenters. The fourth-order valence-corrected chi connectivity index (χ4v) is 6.02. The van der Waals surface area contributed by atoms with Crippen LogP contribution in [0, 0.1) is 17.8 Å². The van der Waals surface area contributed by atoms with Crippen LogP contribution in [0.15, 0.2) is 35.5 Å². The molecule has 4 bridgehead atoms. The van der Waals surface area contributed by atoms with Gasteiger partial charge in [0.05, 0.1) is 11.9 Å². The minimum Gasteiger partial charge on any atom is -0.377 e. The van der Waals surface area contributed by atoms with Gasteiger partial charge in [-0.15, -0.1) is 0 Å². The van der Waals surface area contributed by atoms with Crippen LogP contribution in [0.2, 0.25) is 5.02 Å². The smallest absolute Gasteiger partial charge is 0.288 e. The number of carbonyl (C=O) groups excluding carboxylic acids is 1. The summed E-state index contributed by atoms with van der Waals surface area (Å²) in [6, 6.07) is 3.65. The van der Waals surface area contributed by atoms with Gasteiger partial charge in [-0.25, -0.2) is 4.68 Å². The standard InChI is InChI=1S/C21H24ClN5O2/c22-19-17(26-21-8-14-5-15(9-21)7-16(21)6-14)11-25-27(20(19)29)12-18(28)24-10-13-1-3-23-4-2-13/h1-4,11,14-16,26H,5-10,12H2,(H,24,28). The third-order valence-corrected chi connectivity index (χ3v) is 7.26. The predicted molar refractivity (Wildman–Crippen MR) is 109 cm³/mol. The van der Waals surface area contributed by atoms with Crippen LogP contribution in [-0.2, 0) is 17.9 Å². The average molecular weight is 414 g/mol. The SMILES string of the molecule is O=C(Cn1ncc(NC23CC4CC(CC2C4)C3)c(Cl)c1=O)NCc1ccncc1. The molecule has 0 radical (unpaired) electrons. The van der Waals surface area contributed by atoms with Crippen molar-refractivity contribution in [3.63, 3.8) is 0 Å². The molecule has 7 nitrogen and oxygen atoms in total. The predicted octanol–water partition coefficient (Wildman–Crippen LogP) is 2.60. The fourth-order valence-electron chi connectivity index (χ4n) is 5.83. The first kappa shape index (κ1) is 18.6. The molecule has 4 aliphatic rings. The topological polar surface area (TPSA) is 88.9 Å². The third-order valence-electron chi connectivity index (χ3n) is 6.89. The van der Waals surface area contributed by atoms with E-state index in [1.54, 1.807) is 18.6 Å². The number of anilines is 1. The van der Waals surface area contributed by atoms with E-state index in [0.717, 1.165) is 34.9 Å². The summed E-state index contributed by atoms with van der Waals surface area (Å²) in [6.45, 7) is 0.206. The lowest BCUT2D eigenvalue weighted by atomic mass is 9.80. The molecule has 0 spiro atoms. The number of amides is 1. The van der Waals surface area contributed by atoms with E-state index in [1.165, 1.54) is 19.3 Å². The Balaban J connectivity index is 1.26. The van der Waals surface area contributed by atoms with Gasteiger partial charge < -0.3 is 10.6 Å². The average Bonchev–Trinajstić information content (AvgIpc) is 3.10. The molecule has 152 valence electrons. The number of halogens is 1. The Morgan fingerprint density at radius 1 is 1.21 bits per heavy atom. The first-order chi connectivity index (χ1) is 14.0. The van der Waals surface area contributed by atoms with Crippen LogP contribution in [0.3, 0.4) is 0 Å². The molecule has 2 unspecified atom stereocenters. The Morgan fingerprint density at radius 3 is 2.66 bits per heavy atom. The molecular weight excluding hydrogens is 390 g/mol. The molecule has 29 heavy (non-hydrogen) atoms. The molecule has 4 fully saturated rings. The minimum absolute atomic E-state index is 0.0689. The van der Waals surface area contributed by atoms with E-state index in [-0.39, 0.29) is 23.0 Å². The van der Waals surface area contributed by atoms with Crippen LogP contribution < -0.4 is 16.2 Å². The lowest BCUT2D eigenvalue weighted by Gasteiger charge is -2.35. The second kappa shape index (κ2) is 7.13. The highest BCUT2D eigenvalue weighted by Crippen LogP contribution is 2.61. The van der Waals surface area contributed by atoms with E-state index in [9.17, 15) is 9.59 Å². The second-order valence-corrected chi connectivity index (χ2v) is 9.17. The van der Waals surface area contributed by atoms with Gasteiger partial charge in [0.15, 0.2) is 0 Å². The summed E-state index contributed by atoms with van der Waals surface area (Å²) in [5.74, 6) is 1.98. The maximum Gasteiger partial charge on any atom is 0.288 e. The van der Waals surface area contributed by atoms with Gasteiger partial charge in [-0.05, 0) is 67.6 Å². The summed E-state index contributed by atoms with van der Waals surface area (Å²) in [4.78, 5) is 28.8. The van der Waals surface area contributed by atoms with E-state index < -0.39 is 5.56 Å². The molecule has 4 aliphatic carbocycles. The van der Waals surface area contributed by atoms with Gasteiger partial charge in [0.1, 0.15) is 11.6 Å². The van der Waals surface area contributed by atoms with E-state index in [2.05, 4.69) is 20.7 Å². The molecule has 6 rings (SSSR count). The number of hydrogen-bond acceptors (Lipinski definition) is 5. The quantitative estimate of drug-likeness (QED) is 0.759. The van der Waals surface area contributed by atoms with E-state index in [4.69, 9.17) is 11.6 Å². The molecule has 0 aromatic carbocycles. The lowest BCUT2D eigenvalue weighted by molar-refractivity contribution is -0.122. The molecule has 2 N–H and O–H groups in total. The minimum atomic E-state index is -0.440. The Bertz CT molecular complexity index is 978. The summed E-state index contributed by atoms with van der Waals surface area (Å²) in [5, 5.41) is 10.7. The van der Waals surface area contributed by atoms with E-state index >= 15 is 0 Å². The van der Waals surface area contributed by atoms with Gasteiger partial charge in [-0.1, -0.05) is 11.6 Å². The molecule has 1 amide bonds. The third kappa shape index (κ3) is 3.41. The van der Waals surface area contributed by atoms with Gasteiger partial charge in [-0.3, -0.25) is 14.6 Å². The Hall–Kier alpha value is -2.41. The number of nitrogens with zero attached hydrogens (tertiary/aromatic N) is 3. The van der Waals surface area contributed by atoms with Crippen LogP contribution in [0.1, 0.15) is 37.7 Å². The van der Waals surface area contributed by atoms with Crippen molar-refractivity contribution in [3.05, 3.63) is 51.7 Å². The molecule has 0 saturated heterocycles. The fraction of sp³-hybridized carbons (Fsp3) is 0.524. The normalized spacial score (nSPS) is 29.2. The molecule has 4 saturated carbocycles. The summed E-state index contributed by atoms with van der Waals surface area (Å²) in [6.07, 6.45) is 11.2. The van der Waals surface area contributed by atoms with E-state index in [1.807, 2.05) is 12.1 Å². The maximum absolute atomic E-state index is 12.7. The van der Waals surface area contributed by atoms with Crippen LogP contribution in [-0.4, -0.2) is 26.2 Å². The van der Waals surface area contributed by atoms with Crippen LogP contribution in [0.25, 0.3) is 0 Å². The van der Waals surface area contributed by atoms with Crippen molar-refractivity contribution in [3.8, 4) is 0 Å². The van der Waals surface area contributed by atoms with Crippen molar-refractivity contribution in [2.24, 2.45) is 17.8 Å². The molecule has 2 aromatic heterocycles. The Labute approximate surface area is 173 Å². The first-order valence-electron chi connectivity index (χ1n) is 10.2. The number of hydrogen-bond donors (Lipinski definition) is 2. The highest BCUT2D eigenvalue weighted by molar-refractivity contribution is 6.33. The monoisotopic (exact) mass is 413 g/mol. The molecule has 2 aromatic rings. The molecule has 8 heteroatoms. The van der Waals surface area contributed by atoms with Crippen LogP contribution >= 0.6 is 11.6 Å². The molecule has 2 heterocycles. The van der Waals surface area contributed by atoms with Crippen molar-refractivity contribution in [2.45, 2.75) is 50.7 Å². The van der Waals surface area contributed by atoms with Gasteiger partial charge in [-0.2, -0.15) is 5.10 Å². The van der Waals surface area contributed by atoms with Crippen molar-refractivity contribution < 1.29 is 4.79 Å². The second-order valence-electron chi connectivity index (χ2n) is 8.79. The van der Waals surface area contributed by atoms with Crippen LogP contribution in [0.5, 0.6) is 0 Å². The summed E-state index contributed by atoms with van der Waals surface area (Å²) in [7, 11) is 0. The van der Waals surface area contributed by atoms with Gasteiger partial charge in [0.25, 0.3) is 5.56 Å². The zero-order valence-electron chi connectivity index (χ0n) is 16.1. The lowest BCUT2D eigenvalue weighted by Crippen LogP contribution is -2.40.